The fourth-order valence-corrected chi connectivity index (χ4v) is 4.54. The van der Waals surface area contributed by atoms with E-state index in [1.54, 1.807) is 24.0 Å². The van der Waals surface area contributed by atoms with Crippen molar-refractivity contribution < 1.29 is 27.1 Å². The van der Waals surface area contributed by atoms with E-state index < -0.39 is 17.9 Å². The van der Waals surface area contributed by atoms with Crippen molar-refractivity contribution in [2.75, 3.05) is 7.11 Å². The third-order valence-corrected chi connectivity index (χ3v) is 6.40. The number of aromatic nitrogens is 2. The fourth-order valence-electron chi connectivity index (χ4n) is 4.28. The average molecular weight is 517 g/mol. The molecule has 2 N–H and O–H groups in total. The molecular formula is C25H20ClF3N4O3. The third kappa shape index (κ3) is 4.06. The first kappa shape index (κ1) is 24.1. The maximum absolute atomic E-state index is 13.5. The molecule has 36 heavy (non-hydrogen) atoms. The van der Waals surface area contributed by atoms with Gasteiger partial charge in [-0.15, -0.1) is 0 Å². The van der Waals surface area contributed by atoms with Crippen LogP contribution >= 0.6 is 11.6 Å². The fraction of sp³-hybridized carbons (Fsp3) is 0.240. The minimum atomic E-state index is -4.63. The Morgan fingerprint density at radius 2 is 1.94 bits per heavy atom. The monoisotopic (exact) mass is 516 g/mol. The van der Waals surface area contributed by atoms with E-state index in [0.717, 1.165) is 17.2 Å². The molecule has 0 saturated heterocycles. The number of hydrogen-bond donors (Lipinski definition) is 1. The molecule has 0 aliphatic carbocycles. The van der Waals surface area contributed by atoms with E-state index in [0.29, 0.717) is 29.1 Å². The number of oxazole rings is 1. The summed E-state index contributed by atoms with van der Waals surface area (Å²) in [5.74, 6) is -0.0304. The lowest BCUT2D eigenvalue weighted by Crippen LogP contribution is -2.27. The quantitative estimate of drug-likeness (QED) is 0.371. The van der Waals surface area contributed by atoms with Gasteiger partial charge in [0, 0.05) is 29.1 Å². The van der Waals surface area contributed by atoms with Crippen molar-refractivity contribution in [3.05, 3.63) is 75.8 Å². The number of pyridine rings is 1. The van der Waals surface area contributed by atoms with Crippen LogP contribution in [-0.4, -0.2) is 27.9 Å². The SMILES string of the molecule is COc1ccc(-c2nc(C(=O)N3Cc4cccc(Cl)c4C3)c([C@H](C)N)o2)c2ccc(C(F)(F)F)nc12. The van der Waals surface area contributed by atoms with Crippen molar-refractivity contribution in [3.63, 3.8) is 0 Å². The number of ether oxygens (including phenoxy) is 1. The highest BCUT2D eigenvalue weighted by molar-refractivity contribution is 6.31. The number of benzene rings is 2. The number of carbonyl (C=O) groups is 1. The van der Waals surface area contributed by atoms with E-state index in [-0.39, 0.29) is 34.5 Å². The largest absolute Gasteiger partial charge is 0.494 e. The zero-order valence-electron chi connectivity index (χ0n) is 19.2. The number of nitrogens with zero attached hydrogens (tertiary/aromatic N) is 3. The van der Waals surface area contributed by atoms with Gasteiger partial charge in [-0.1, -0.05) is 23.7 Å². The van der Waals surface area contributed by atoms with Crippen molar-refractivity contribution >= 4 is 28.4 Å². The van der Waals surface area contributed by atoms with E-state index in [1.165, 1.54) is 19.2 Å². The molecule has 0 spiro atoms. The summed E-state index contributed by atoms with van der Waals surface area (Å²) in [6.45, 7) is 2.31. The molecule has 0 fully saturated rings. The summed E-state index contributed by atoms with van der Waals surface area (Å²) in [6, 6.07) is 10.0. The second-order valence-corrected chi connectivity index (χ2v) is 8.87. The van der Waals surface area contributed by atoms with Crippen molar-refractivity contribution in [1.82, 2.24) is 14.9 Å². The van der Waals surface area contributed by atoms with Crippen LogP contribution in [0.15, 0.2) is 46.9 Å². The number of rotatable bonds is 4. The smallest absolute Gasteiger partial charge is 0.433 e. The summed E-state index contributed by atoms with van der Waals surface area (Å²) in [5, 5.41) is 0.894. The Hall–Kier alpha value is -3.63. The Morgan fingerprint density at radius 1 is 1.17 bits per heavy atom. The predicted octanol–water partition coefficient (Wildman–Crippen LogP) is 5.75. The van der Waals surface area contributed by atoms with Crippen molar-refractivity contribution in [2.45, 2.75) is 32.2 Å². The Kier molecular flexibility index (Phi) is 5.88. The molecule has 3 heterocycles. The molecule has 2 aromatic carbocycles. The van der Waals surface area contributed by atoms with E-state index in [4.69, 9.17) is 26.5 Å². The minimum Gasteiger partial charge on any atom is -0.494 e. The van der Waals surface area contributed by atoms with Crippen LogP contribution in [0, 0.1) is 0 Å². The molecule has 1 aliphatic heterocycles. The molecule has 5 rings (SSSR count). The molecule has 11 heteroatoms. The Balaban J connectivity index is 1.59. The lowest BCUT2D eigenvalue weighted by Gasteiger charge is -2.15. The predicted molar refractivity (Wildman–Crippen MR) is 126 cm³/mol. The van der Waals surface area contributed by atoms with Crippen LogP contribution in [0.1, 0.15) is 46.0 Å². The molecule has 186 valence electrons. The molecule has 2 aromatic heterocycles. The van der Waals surface area contributed by atoms with Crippen molar-refractivity contribution in [3.8, 4) is 17.2 Å². The van der Waals surface area contributed by atoms with Gasteiger partial charge in [0.25, 0.3) is 5.91 Å². The van der Waals surface area contributed by atoms with Crippen LogP contribution in [0.25, 0.3) is 22.4 Å². The lowest BCUT2D eigenvalue weighted by atomic mass is 10.1. The van der Waals surface area contributed by atoms with Gasteiger partial charge < -0.3 is 19.8 Å². The van der Waals surface area contributed by atoms with E-state index in [9.17, 15) is 18.0 Å². The number of methoxy groups -OCH3 is 1. The number of alkyl halides is 3. The normalized spacial score (nSPS) is 14.2. The van der Waals surface area contributed by atoms with E-state index in [2.05, 4.69) is 9.97 Å². The van der Waals surface area contributed by atoms with Gasteiger partial charge in [-0.25, -0.2) is 9.97 Å². The van der Waals surface area contributed by atoms with Gasteiger partial charge in [-0.3, -0.25) is 4.79 Å². The molecule has 0 bridgehead atoms. The first-order valence-electron chi connectivity index (χ1n) is 11.0. The number of hydrogen-bond acceptors (Lipinski definition) is 6. The second kappa shape index (κ2) is 8.79. The standard InChI is InChI=1S/C25H20ClF3N4O3/c1-12(30)22-21(24(34)33-10-13-4-3-5-17(26)16(13)11-33)32-23(36-22)15-6-8-18(35-2)20-14(15)7-9-19(31-20)25(27,28)29/h3-9,12H,10-11,30H2,1-2H3/t12-/m0/s1. The van der Waals surface area contributed by atoms with E-state index in [1.807, 2.05) is 12.1 Å². The molecule has 0 unspecified atom stereocenters. The number of amides is 1. The maximum Gasteiger partial charge on any atom is 0.433 e. The third-order valence-electron chi connectivity index (χ3n) is 6.04. The van der Waals surface area contributed by atoms with E-state index >= 15 is 0 Å². The highest BCUT2D eigenvalue weighted by Crippen LogP contribution is 2.38. The van der Waals surface area contributed by atoms with Gasteiger partial charge in [0.05, 0.1) is 13.2 Å². The molecule has 0 radical (unpaired) electrons. The summed E-state index contributed by atoms with van der Waals surface area (Å²) in [7, 11) is 1.34. The lowest BCUT2D eigenvalue weighted by molar-refractivity contribution is -0.140. The van der Waals surface area contributed by atoms with Crippen LogP contribution in [0.2, 0.25) is 5.02 Å². The summed E-state index contributed by atoms with van der Waals surface area (Å²) >= 11 is 6.29. The first-order chi connectivity index (χ1) is 17.1. The number of carbonyl (C=O) groups excluding carboxylic acids is 1. The van der Waals surface area contributed by atoms with Gasteiger partial charge >= 0.3 is 6.18 Å². The van der Waals surface area contributed by atoms with Gasteiger partial charge in [-0.2, -0.15) is 13.2 Å². The number of nitrogens with two attached hydrogens (primary N) is 1. The van der Waals surface area contributed by atoms with Gasteiger partial charge in [0.1, 0.15) is 17.0 Å². The maximum atomic E-state index is 13.5. The molecular weight excluding hydrogens is 497 g/mol. The number of fused-ring (bicyclic) bond motifs is 2. The minimum absolute atomic E-state index is 0.0112. The summed E-state index contributed by atoms with van der Waals surface area (Å²) < 4.78 is 51.0. The Labute approximate surface area is 208 Å². The van der Waals surface area contributed by atoms with Crippen LogP contribution < -0.4 is 10.5 Å². The van der Waals surface area contributed by atoms with Crippen molar-refractivity contribution in [2.24, 2.45) is 5.73 Å². The zero-order valence-corrected chi connectivity index (χ0v) is 19.9. The second-order valence-electron chi connectivity index (χ2n) is 8.47. The highest BCUT2D eigenvalue weighted by Gasteiger charge is 2.34. The summed E-state index contributed by atoms with van der Waals surface area (Å²) in [4.78, 5) is 23.3. The molecule has 1 amide bonds. The molecule has 0 saturated carbocycles. The van der Waals surface area contributed by atoms with Gasteiger partial charge in [0.2, 0.25) is 5.89 Å². The number of halogens is 4. The zero-order chi connectivity index (χ0) is 25.8. The van der Waals surface area contributed by atoms with Gasteiger partial charge in [0.15, 0.2) is 11.5 Å². The van der Waals surface area contributed by atoms with Crippen molar-refractivity contribution in [1.29, 1.82) is 0 Å². The average Bonchev–Trinajstić information content (AvgIpc) is 3.48. The van der Waals surface area contributed by atoms with Crippen LogP contribution in [0.4, 0.5) is 13.2 Å². The van der Waals surface area contributed by atoms with Gasteiger partial charge in [-0.05, 0) is 48.4 Å². The Bertz CT molecular complexity index is 1500. The Morgan fingerprint density at radius 3 is 2.61 bits per heavy atom. The summed E-state index contributed by atoms with van der Waals surface area (Å²) in [5.41, 5.74) is 7.21. The molecule has 1 atom stereocenters. The first-order valence-corrected chi connectivity index (χ1v) is 11.3. The molecule has 1 aliphatic rings. The summed E-state index contributed by atoms with van der Waals surface area (Å²) in [6.07, 6.45) is -4.63. The molecule has 7 nitrogen and oxygen atoms in total. The molecule has 4 aromatic rings. The van der Waals surface area contributed by atoms with Crippen LogP contribution in [0.5, 0.6) is 5.75 Å². The topological polar surface area (TPSA) is 94.5 Å². The van der Waals surface area contributed by atoms with Crippen LogP contribution in [0.3, 0.4) is 0 Å². The highest BCUT2D eigenvalue weighted by atomic mass is 35.5. The van der Waals surface area contributed by atoms with Crippen LogP contribution in [-0.2, 0) is 19.3 Å².